The molecule has 2 heterocycles. The predicted octanol–water partition coefficient (Wildman–Crippen LogP) is 0.0558. The molecule has 2 rings (SSSR count). The van der Waals surface area contributed by atoms with Gasteiger partial charge in [-0.2, -0.15) is 0 Å². The third-order valence-electron chi connectivity index (χ3n) is 2.02. The van der Waals surface area contributed by atoms with E-state index in [1.807, 2.05) is 0 Å². The van der Waals surface area contributed by atoms with Crippen LogP contribution in [0, 0.1) is 0 Å². The predicted molar refractivity (Wildman–Crippen MR) is 51.6 cm³/mol. The van der Waals surface area contributed by atoms with Gasteiger partial charge in [0.1, 0.15) is 12.0 Å². The van der Waals surface area contributed by atoms with Crippen LogP contribution in [0.2, 0.25) is 0 Å². The first-order valence-electron chi connectivity index (χ1n) is 4.11. The summed E-state index contributed by atoms with van der Waals surface area (Å²) >= 11 is 3.20. The van der Waals surface area contributed by atoms with Crippen LogP contribution >= 0.6 is 15.9 Å². The van der Waals surface area contributed by atoms with E-state index >= 15 is 0 Å². The monoisotopic (exact) mass is 257 g/mol. The summed E-state index contributed by atoms with van der Waals surface area (Å²) in [5.74, 6) is -0.176. The second-order valence-electron chi connectivity index (χ2n) is 3.08. The molecule has 1 aromatic rings. The lowest BCUT2D eigenvalue weighted by molar-refractivity contribution is 0.00542. The van der Waals surface area contributed by atoms with E-state index in [1.165, 1.54) is 17.4 Å². The standard InChI is InChI=1S/C8H8BrN3O2/c9-6-1-10-4-11-7(6)8(14)12-2-5(13)3-12/h1,4-5,13H,2-3H2. The molecule has 5 nitrogen and oxygen atoms in total. The number of aromatic nitrogens is 2. The van der Waals surface area contributed by atoms with Crippen LogP contribution in [0.1, 0.15) is 10.5 Å². The zero-order valence-electron chi connectivity index (χ0n) is 7.22. The highest BCUT2D eigenvalue weighted by Crippen LogP contribution is 2.17. The molecule has 0 aliphatic carbocycles. The van der Waals surface area contributed by atoms with Gasteiger partial charge in [0.15, 0.2) is 0 Å². The van der Waals surface area contributed by atoms with Crippen LogP contribution < -0.4 is 0 Å². The lowest BCUT2D eigenvalue weighted by Crippen LogP contribution is -2.53. The van der Waals surface area contributed by atoms with Crippen LogP contribution in [-0.2, 0) is 0 Å². The number of likely N-dealkylation sites (tertiary alicyclic amines) is 1. The summed E-state index contributed by atoms with van der Waals surface area (Å²) in [4.78, 5) is 20.9. The van der Waals surface area contributed by atoms with Gasteiger partial charge in [0.25, 0.3) is 5.91 Å². The molecule has 1 aliphatic heterocycles. The van der Waals surface area contributed by atoms with Crippen molar-refractivity contribution in [2.45, 2.75) is 6.10 Å². The molecular formula is C8H8BrN3O2. The first-order chi connectivity index (χ1) is 6.68. The highest BCUT2D eigenvalue weighted by atomic mass is 79.9. The van der Waals surface area contributed by atoms with Crippen LogP contribution in [0.3, 0.4) is 0 Å². The summed E-state index contributed by atoms with van der Waals surface area (Å²) < 4.78 is 0.575. The number of rotatable bonds is 1. The van der Waals surface area contributed by atoms with Crippen molar-refractivity contribution in [2.24, 2.45) is 0 Å². The smallest absolute Gasteiger partial charge is 0.273 e. The molecule has 74 valence electrons. The van der Waals surface area contributed by atoms with Crippen molar-refractivity contribution < 1.29 is 9.90 Å². The average molecular weight is 258 g/mol. The number of halogens is 1. The zero-order valence-corrected chi connectivity index (χ0v) is 8.81. The quantitative estimate of drug-likeness (QED) is 0.773. The summed E-state index contributed by atoms with van der Waals surface area (Å²) in [6, 6.07) is 0. The Hall–Kier alpha value is -1.01. The highest BCUT2D eigenvalue weighted by Gasteiger charge is 2.30. The molecule has 0 atom stereocenters. The minimum atomic E-state index is -0.389. The summed E-state index contributed by atoms with van der Waals surface area (Å²) in [7, 11) is 0. The Kier molecular flexibility index (Phi) is 2.47. The number of hydrogen-bond acceptors (Lipinski definition) is 4. The van der Waals surface area contributed by atoms with E-state index in [1.54, 1.807) is 0 Å². The Morgan fingerprint density at radius 2 is 2.36 bits per heavy atom. The van der Waals surface area contributed by atoms with Crippen molar-refractivity contribution in [2.75, 3.05) is 13.1 Å². The molecule has 1 saturated heterocycles. The number of aliphatic hydroxyl groups is 1. The van der Waals surface area contributed by atoms with E-state index in [0.717, 1.165) is 0 Å². The van der Waals surface area contributed by atoms with E-state index in [9.17, 15) is 4.79 Å². The molecule has 14 heavy (non-hydrogen) atoms. The topological polar surface area (TPSA) is 66.3 Å². The second kappa shape index (κ2) is 3.62. The van der Waals surface area contributed by atoms with Gasteiger partial charge in [-0.1, -0.05) is 0 Å². The number of aliphatic hydroxyl groups excluding tert-OH is 1. The van der Waals surface area contributed by atoms with Gasteiger partial charge in [0.05, 0.1) is 10.6 Å². The SMILES string of the molecule is O=C(c1ncncc1Br)N1CC(O)C1. The Morgan fingerprint density at radius 1 is 1.64 bits per heavy atom. The minimum Gasteiger partial charge on any atom is -0.389 e. The number of β-amino-alcohol motifs (C(OH)–C–C–N with tert-alkyl or cyclic N) is 1. The molecule has 1 aliphatic rings. The van der Waals surface area contributed by atoms with Crippen molar-refractivity contribution in [1.29, 1.82) is 0 Å². The molecule has 6 heteroatoms. The molecule has 0 spiro atoms. The Balaban J connectivity index is 2.16. The van der Waals surface area contributed by atoms with Gasteiger partial charge in [-0.05, 0) is 15.9 Å². The normalized spacial score (nSPS) is 16.6. The van der Waals surface area contributed by atoms with Gasteiger partial charge in [0, 0.05) is 19.3 Å². The minimum absolute atomic E-state index is 0.176. The first kappa shape index (κ1) is 9.54. The van der Waals surface area contributed by atoms with Gasteiger partial charge >= 0.3 is 0 Å². The maximum absolute atomic E-state index is 11.7. The molecular weight excluding hydrogens is 250 g/mol. The summed E-state index contributed by atoms with van der Waals surface area (Å²) in [6.07, 6.45) is 2.46. The van der Waals surface area contributed by atoms with Crippen molar-refractivity contribution in [3.05, 3.63) is 22.7 Å². The molecule has 0 unspecified atom stereocenters. The molecule has 1 N–H and O–H groups in total. The van der Waals surface area contributed by atoms with Crippen LogP contribution in [0.25, 0.3) is 0 Å². The Bertz CT molecular complexity index is 365. The van der Waals surface area contributed by atoms with Gasteiger partial charge in [-0.15, -0.1) is 0 Å². The van der Waals surface area contributed by atoms with Gasteiger partial charge in [-0.3, -0.25) is 4.79 Å². The van der Waals surface area contributed by atoms with Gasteiger partial charge in [-0.25, -0.2) is 9.97 Å². The first-order valence-corrected chi connectivity index (χ1v) is 4.90. The number of nitrogens with zero attached hydrogens (tertiary/aromatic N) is 3. The van der Waals surface area contributed by atoms with Gasteiger partial charge < -0.3 is 10.0 Å². The number of hydrogen-bond donors (Lipinski definition) is 1. The van der Waals surface area contributed by atoms with Crippen LogP contribution in [-0.4, -0.2) is 45.1 Å². The number of amides is 1. The number of carbonyl (C=O) groups is 1. The molecule has 0 aromatic carbocycles. The fraction of sp³-hybridized carbons (Fsp3) is 0.375. The molecule has 1 aromatic heterocycles. The summed E-state index contributed by atoms with van der Waals surface area (Å²) in [5.41, 5.74) is 0.340. The van der Waals surface area contributed by atoms with E-state index in [0.29, 0.717) is 23.3 Å². The lowest BCUT2D eigenvalue weighted by Gasteiger charge is -2.35. The van der Waals surface area contributed by atoms with Crippen LogP contribution in [0.4, 0.5) is 0 Å². The maximum Gasteiger partial charge on any atom is 0.273 e. The van der Waals surface area contributed by atoms with E-state index in [-0.39, 0.29) is 12.0 Å². The van der Waals surface area contributed by atoms with Gasteiger partial charge in [0.2, 0.25) is 0 Å². The molecule has 1 amide bonds. The third-order valence-corrected chi connectivity index (χ3v) is 2.60. The highest BCUT2D eigenvalue weighted by molar-refractivity contribution is 9.10. The third kappa shape index (κ3) is 1.62. The van der Waals surface area contributed by atoms with Crippen molar-refractivity contribution in [3.8, 4) is 0 Å². The van der Waals surface area contributed by atoms with Crippen molar-refractivity contribution >= 4 is 21.8 Å². The second-order valence-corrected chi connectivity index (χ2v) is 3.94. The fourth-order valence-electron chi connectivity index (χ4n) is 1.24. The van der Waals surface area contributed by atoms with Crippen molar-refractivity contribution in [1.82, 2.24) is 14.9 Å². The summed E-state index contributed by atoms with van der Waals surface area (Å²) in [5, 5.41) is 9.05. The average Bonchev–Trinajstić information content (AvgIpc) is 2.13. The maximum atomic E-state index is 11.7. The fourth-order valence-corrected chi connectivity index (χ4v) is 1.63. The number of carbonyl (C=O) groups excluding carboxylic acids is 1. The van der Waals surface area contributed by atoms with Crippen LogP contribution in [0.15, 0.2) is 17.0 Å². The summed E-state index contributed by atoms with van der Waals surface area (Å²) in [6.45, 7) is 0.768. The molecule has 0 bridgehead atoms. The van der Waals surface area contributed by atoms with Crippen molar-refractivity contribution in [3.63, 3.8) is 0 Å². The molecule has 0 radical (unpaired) electrons. The molecule has 1 fully saturated rings. The van der Waals surface area contributed by atoms with Crippen LogP contribution in [0.5, 0.6) is 0 Å². The van der Waals surface area contributed by atoms with E-state index < -0.39 is 0 Å². The van der Waals surface area contributed by atoms with E-state index in [2.05, 4.69) is 25.9 Å². The zero-order chi connectivity index (χ0) is 10.1. The Labute approximate surface area is 88.9 Å². The lowest BCUT2D eigenvalue weighted by atomic mass is 10.1. The molecule has 0 saturated carbocycles. The Morgan fingerprint density at radius 3 is 2.93 bits per heavy atom. The van der Waals surface area contributed by atoms with E-state index in [4.69, 9.17) is 5.11 Å². The largest absolute Gasteiger partial charge is 0.389 e.